The van der Waals surface area contributed by atoms with Gasteiger partial charge in [0.1, 0.15) is 15.7 Å². The Morgan fingerprint density at radius 2 is 1.69 bits per heavy atom. The number of aryl methyl sites for hydroxylation is 3. The number of benzene rings is 1. The molecule has 1 aromatic heterocycles. The zero-order chi connectivity index (χ0) is 22.0. The first-order valence-corrected chi connectivity index (χ1v) is 10.1. The summed E-state index contributed by atoms with van der Waals surface area (Å²) < 4.78 is 70.4. The van der Waals surface area contributed by atoms with Gasteiger partial charge in [0, 0.05) is 17.9 Å². The molecular weight excluding hydrogens is 405 g/mol. The second-order valence-electron chi connectivity index (χ2n) is 6.93. The molecule has 9 heteroatoms. The molecule has 1 heterocycles. The maximum atomic E-state index is 12.3. The quantitative estimate of drug-likeness (QED) is 0.329. The third-order valence-electron chi connectivity index (χ3n) is 4.14. The van der Waals surface area contributed by atoms with Crippen molar-refractivity contribution in [1.29, 1.82) is 0 Å². The highest BCUT2D eigenvalue weighted by Crippen LogP contribution is 2.28. The van der Waals surface area contributed by atoms with E-state index < -0.39 is 21.9 Å². The molecule has 2 aromatic rings. The molecule has 0 bridgehead atoms. The van der Waals surface area contributed by atoms with E-state index in [2.05, 4.69) is 11.8 Å². The normalized spacial score (nSPS) is 13.8. The van der Waals surface area contributed by atoms with Gasteiger partial charge in [0.25, 0.3) is 5.69 Å². The van der Waals surface area contributed by atoms with Gasteiger partial charge in [-0.1, -0.05) is 28.3 Å². The standard InChI is InChI=1S/C11H10F3N2.C9H12O3S/c12-11(13,14)9-4-6-10(16(15)7-9)5-3-8-1-2-8;1-6-4-7(2)9(8(3)5-6)13(10,11)12/h4,6-8H,1-2,15H2;4-5H,1-3H3,(H,10,11,12)/q+1;/p-1. The van der Waals surface area contributed by atoms with Gasteiger partial charge >= 0.3 is 6.18 Å². The van der Waals surface area contributed by atoms with Gasteiger partial charge in [0.05, 0.1) is 4.90 Å². The van der Waals surface area contributed by atoms with E-state index >= 15 is 0 Å². The highest BCUT2D eigenvalue weighted by molar-refractivity contribution is 7.85. The highest BCUT2D eigenvalue weighted by Gasteiger charge is 2.33. The van der Waals surface area contributed by atoms with E-state index in [1.807, 2.05) is 6.92 Å². The first-order valence-electron chi connectivity index (χ1n) is 8.72. The smallest absolute Gasteiger partial charge is 0.422 e. The summed E-state index contributed by atoms with van der Waals surface area (Å²) in [5.41, 5.74) is 1.62. The molecule has 0 radical (unpaired) electrons. The molecular formula is C20H21F3N2O3S. The second-order valence-corrected chi connectivity index (χ2v) is 8.25. The van der Waals surface area contributed by atoms with Gasteiger partial charge in [-0.25, -0.2) is 14.3 Å². The summed E-state index contributed by atoms with van der Waals surface area (Å²) in [5.74, 6) is 11.5. The minimum absolute atomic E-state index is 0.0851. The van der Waals surface area contributed by atoms with Crippen LogP contribution < -0.4 is 10.5 Å². The monoisotopic (exact) mass is 426 g/mol. The van der Waals surface area contributed by atoms with Gasteiger partial charge in [-0.05, 0) is 50.8 Å². The van der Waals surface area contributed by atoms with Crippen LogP contribution in [0.5, 0.6) is 0 Å². The van der Waals surface area contributed by atoms with E-state index in [-0.39, 0.29) is 4.90 Å². The fraction of sp³-hybridized carbons (Fsp3) is 0.350. The molecule has 0 unspecified atom stereocenters. The number of hydrogen-bond acceptors (Lipinski definition) is 4. The third kappa shape index (κ3) is 6.48. The Kier molecular flexibility index (Phi) is 6.60. The maximum absolute atomic E-state index is 12.3. The SMILES string of the molecule is Cc1cc(C)c(S(=O)(=O)[O-])c(C)c1.N[n+]1cc(C(F)(F)F)ccc1C#CC1CC1. The number of alkyl halides is 3. The van der Waals surface area contributed by atoms with Crippen LogP contribution in [0.1, 0.15) is 40.8 Å². The summed E-state index contributed by atoms with van der Waals surface area (Å²) in [4.78, 5) is -0.0851. The first-order chi connectivity index (χ1) is 13.3. The zero-order valence-corrected chi connectivity index (χ0v) is 17.0. The molecule has 1 aliphatic carbocycles. The summed E-state index contributed by atoms with van der Waals surface area (Å²) in [6.07, 6.45) is -1.39. The highest BCUT2D eigenvalue weighted by atomic mass is 32.2. The molecule has 0 amide bonds. The number of rotatable bonds is 1. The van der Waals surface area contributed by atoms with Crippen molar-refractivity contribution < 1.29 is 30.8 Å². The van der Waals surface area contributed by atoms with Crippen LogP contribution in [0.25, 0.3) is 0 Å². The average Bonchev–Trinajstić information content (AvgIpc) is 3.35. The summed E-state index contributed by atoms with van der Waals surface area (Å²) >= 11 is 0. The van der Waals surface area contributed by atoms with Crippen LogP contribution in [-0.2, 0) is 16.3 Å². The molecule has 1 aliphatic rings. The Morgan fingerprint density at radius 3 is 2.10 bits per heavy atom. The Balaban J connectivity index is 0.000000212. The molecule has 0 atom stereocenters. The van der Waals surface area contributed by atoms with Crippen LogP contribution in [0.2, 0.25) is 0 Å². The lowest BCUT2D eigenvalue weighted by molar-refractivity contribution is -0.642. The topological polar surface area (TPSA) is 87.1 Å². The Labute approximate surface area is 168 Å². The average molecular weight is 426 g/mol. The summed E-state index contributed by atoms with van der Waals surface area (Å²) in [5, 5.41) is 0. The van der Waals surface area contributed by atoms with Crippen LogP contribution >= 0.6 is 0 Å². The summed E-state index contributed by atoms with van der Waals surface area (Å²) in [7, 11) is -4.33. The molecule has 0 aliphatic heterocycles. The number of hydrogen-bond donors (Lipinski definition) is 1. The Morgan fingerprint density at radius 1 is 1.14 bits per heavy atom. The van der Waals surface area contributed by atoms with E-state index in [1.165, 1.54) is 6.07 Å². The molecule has 2 N–H and O–H groups in total. The van der Waals surface area contributed by atoms with Crippen molar-refractivity contribution in [3.8, 4) is 11.8 Å². The van der Waals surface area contributed by atoms with Crippen molar-refractivity contribution in [2.75, 3.05) is 5.84 Å². The molecule has 5 nitrogen and oxygen atoms in total. The fourth-order valence-electron chi connectivity index (χ4n) is 2.76. The molecule has 1 aromatic carbocycles. The number of nitrogens with zero attached hydrogens (tertiary/aromatic N) is 1. The van der Waals surface area contributed by atoms with Crippen LogP contribution in [-0.4, -0.2) is 13.0 Å². The Hall–Kier alpha value is -2.57. The van der Waals surface area contributed by atoms with Crippen LogP contribution in [0, 0.1) is 38.5 Å². The lowest BCUT2D eigenvalue weighted by Gasteiger charge is -2.14. The number of nitrogens with two attached hydrogens (primary N) is 1. The minimum atomic E-state index is -4.37. The molecule has 0 saturated heterocycles. The van der Waals surface area contributed by atoms with Gasteiger partial charge < -0.3 is 4.55 Å². The van der Waals surface area contributed by atoms with E-state index in [0.29, 0.717) is 22.7 Å². The molecule has 29 heavy (non-hydrogen) atoms. The van der Waals surface area contributed by atoms with Crippen LogP contribution in [0.4, 0.5) is 13.2 Å². The predicted molar refractivity (Wildman–Crippen MR) is 100 cm³/mol. The van der Waals surface area contributed by atoms with Gasteiger partial charge in [0.15, 0.2) is 0 Å². The van der Waals surface area contributed by atoms with Crippen LogP contribution in [0.3, 0.4) is 0 Å². The molecule has 3 rings (SSSR count). The number of nitrogen functional groups attached to an aromatic ring is 1. The van der Waals surface area contributed by atoms with Gasteiger partial charge in [0.2, 0.25) is 6.20 Å². The molecule has 1 fully saturated rings. The summed E-state index contributed by atoms with van der Waals surface area (Å²) in [6, 6.07) is 5.66. The fourth-order valence-corrected chi connectivity index (χ4v) is 3.66. The minimum Gasteiger partial charge on any atom is -0.744 e. The second kappa shape index (κ2) is 8.43. The number of halogens is 3. The van der Waals surface area contributed by atoms with Crippen LogP contribution in [0.15, 0.2) is 35.4 Å². The van der Waals surface area contributed by atoms with Gasteiger partial charge in [-0.3, -0.25) is 0 Å². The molecule has 1 saturated carbocycles. The molecule has 0 spiro atoms. The van der Waals surface area contributed by atoms with Crippen molar-refractivity contribution in [2.24, 2.45) is 5.92 Å². The largest absolute Gasteiger partial charge is 0.744 e. The number of aromatic nitrogens is 1. The van der Waals surface area contributed by atoms with Crippen molar-refractivity contribution >= 4 is 10.1 Å². The van der Waals surface area contributed by atoms with Gasteiger partial charge in [-0.2, -0.15) is 13.2 Å². The van der Waals surface area contributed by atoms with Crippen molar-refractivity contribution in [3.63, 3.8) is 0 Å². The first kappa shape index (κ1) is 22.7. The van der Waals surface area contributed by atoms with Crippen molar-refractivity contribution in [2.45, 2.75) is 44.7 Å². The molecule has 156 valence electrons. The van der Waals surface area contributed by atoms with E-state index in [4.69, 9.17) is 5.84 Å². The van der Waals surface area contributed by atoms with Crippen molar-refractivity contribution in [3.05, 3.63) is 58.4 Å². The lowest BCUT2D eigenvalue weighted by Crippen LogP contribution is -2.48. The number of pyridine rings is 1. The summed E-state index contributed by atoms with van der Waals surface area (Å²) in [6.45, 7) is 5.12. The third-order valence-corrected chi connectivity index (χ3v) is 5.28. The van der Waals surface area contributed by atoms with Crippen molar-refractivity contribution in [1.82, 2.24) is 0 Å². The maximum Gasteiger partial charge on any atom is 0.422 e. The zero-order valence-electron chi connectivity index (χ0n) is 16.2. The van der Waals surface area contributed by atoms with E-state index in [0.717, 1.165) is 35.3 Å². The van der Waals surface area contributed by atoms with E-state index in [1.54, 1.807) is 26.0 Å². The lowest BCUT2D eigenvalue weighted by atomic mass is 10.1. The Bertz CT molecular complexity index is 1060. The van der Waals surface area contributed by atoms with Gasteiger partial charge in [-0.15, -0.1) is 0 Å². The van der Waals surface area contributed by atoms with E-state index in [9.17, 15) is 26.1 Å². The predicted octanol–water partition coefficient (Wildman–Crippen LogP) is 2.98.